The third-order valence-corrected chi connectivity index (χ3v) is 11.1. The van der Waals surface area contributed by atoms with Crippen molar-refractivity contribution in [3.8, 4) is 33.4 Å². The smallest absolute Gasteiger partial charge is 0.147 e. The molecule has 3 heteroatoms. The summed E-state index contributed by atoms with van der Waals surface area (Å²) in [5.41, 5.74) is 11.8. The van der Waals surface area contributed by atoms with Gasteiger partial charge < -0.3 is 4.90 Å². The first-order valence-electron chi connectivity index (χ1n) is 16.4. The summed E-state index contributed by atoms with van der Waals surface area (Å²) in [6.07, 6.45) is 0. The lowest BCUT2D eigenvalue weighted by Crippen LogP contribution is -2.15. The molecular formula is C45H32FNS. The van der Waals surface area contributed by atoms with Crippen molar-refractivity contribution in [2.75, 3.05) is 4.90 Å². The molecule has 7 aromatic carbocycles. The van der Waals surface area contributed by atoms with E-state index in [9.17, 15) is 0 Å². The second kappa shape index (κ2) is 11.0. The minimum atomic E-state index is -0.270. The molecule has 1 nitrogen and oxygen atoms in total. The average molecular weight is 638 g/mol. The molecule has 0 aliphatic heterocycles. The van der Waals surface area contributed by atoms with Crippen molar-refractivity contribution in [2.45, 2.75) is 19.3 Å². The number of rotatable bonds is 5. The number of fused-ring (bicyclic) bond motifs is 6. The molecule has 0 fully saturated rings. The van der Waals surface area contributed by atoms with Crippen LogP contribution in [-0.4, -0.2) is 0 Å². The monoisotopic (exact) mass is 637 g/mol. The molecule has 1 aliphatic rings. The maximum absolute atomic E-state index is 16.1. The van der Waals surface area contributed by atoms with Crippen LogP contribution in [0, 0.1) is 5.82 Å². The number of hydrogen-bond acceptors (Lipinski definition) is 2. The maximum Gasteiger partial charge on any atom is 0.147 e. The van der Waals surface area contributed by atoms with Crippen LogP contribution in [0.1, 0.15) is 25.0 Å². The van der Waals surface area contributed by atoms with Crippen LogP contribution >= 0.6 is 11.3 Å². The summed E-state index contributed by atoms with van der Waals surface area (Å²) in [6, 6.07) is 54.8. The Kier molecular flexibility index (Phi) is 6.60. The van der Waals surface area contributed by atoms with Gasteiger partial charge in [-0.05, 0) is 87.5 Å². The molecule has 0 N–H and O–H groups in total. The number of anilines is 3. The van der Waals surface area contributed by atoms with E-state index in [1.807, 2.05) is 18.2 Å². The largest absolute Gasteiger partial charge is 0.307 e. The zero-order chi connectivity index (χ0) is 32.4. The van der Waals surface area contributed by atoms with Gasteiger partial charge in [-0.15, -0.1) is 11.3 Å². The molecule has 48 heavy (non-hydrogen) atoms. The highest BCUT2D eigenvalue weighted by molar-refractivity contribution is 7.25. The van der Waals surface area contributed by atoms with E-state index >= 15 is 4.39 Å². The molecule has 1 aliphatic carbocycles. The van der Waals surface area contributed by atoms with Gasteiger partial charge >= 0.3 is 0 Å². The zero-order valence-electron chi connectivity index (χ0n) is 26.7. The summed E-state index contributed by atoms with van der Waals surface area (Å²) in [7, 11) is 0. The standard InChI is InChI=1S/C45H32FNS/c1-45(2)38-16-8-6-14-34(38)36-26-31(21-24-39(36)45)33-23-20-30(29-12-4-3-5-13-29)27-42(33)47(41-18-10-9-17-40(41)46)32-22-25-44-37(28-32)35-15-7-11-19-43(35)48-44/h3-28H,1-2H3. The molecular weight excluding hydrogens is 606 g/mol. The minimum absolute atomic E-state index is 0.0810. The molecule has 230 valence electrons. The molecule has 0 spiro atoms. The molecule has 0 radical (unpaired) electrons. The van der Waals surface area contributed by atoms with E-state index in [1.165, 1.54) is 42.4 Å². The van der Waals surface area contributed by atoms with Crippen LogP contribution < -0.4 is 4.90 Å². The van der Waals surface area contributed by atoms with Gasteiger partial charge in [0.2, 0.25) is 0 Å². The number of halogens is 1. The average Bonchev–Trinajstić information content (AvgIpc) is 3.61. The van der Waals surface area contributed by atoms with Gasteiger partial charge in [-0.2, -0.15) is 0 Å². The highest BCUT2D eigenvalue weighted by atomic mass is 32.1. The van der Waals surface area contributed by atoms with Crippen LogP contribution in [0.2, 0.25) is 0 Å². The third kappa shape index (κ3) is 4.50. The van der Waals surface area contributed by atoms with Crippen molar-refractivity contribution in [1.82, 2.24) is 0 Å². The summed E-state index contributed by atoms with van der Waals surface area (Å²) in [5.74, 6) is -0.270. The van der Waals surface area contributed by atoms with Crippen molar-refractivity contribution in [2.24, 2.45) is 0 Å². The van der Waals surface area contributed by atoms with Crippen LogP contribution in [0.15, 0.2) is 158 Å². The number of para-hydroxylation sites is 1. The first-order chi connectivity index (χ1) is 23.5. The van der Waals surface area contributed by atoms with Crippen LogP contribution in [0.4, 0.5) is 21.5 Å². The number of nitrogens with zero attached hydrogens (tertiary/aromatic N) is 1. The zero-order valence-corrected chi connectivity index (χ0v) is 27.6. The molecule has 0 bridgehead atoms. The van der Waals surface area contributed by atoms with E-state index < -0.39 is 0 Å². The Morgan fingerprint density at radius 3 is 2.06 bits per heavy atom. The molecule has 1 aromatic heterocycles. The minimum Gasteiger partial charge on any atom is -0.307 e. The first kappa shape index (κ1) is 28.7. The fraction of sp³-hybridized carbons (Fsp3) is 0.0667. The third-order valence-electron chi connectivity index (χ3n) is 9.95. The lowest BCUT2D eigenvalue weighted by atomic mass is 9.82. The maximum atomic E-state index is 16.1. The van der Waals surface area contributed by atoms with Gasteiger partial charge in [0.15, 0.2) is 0 Å². The lowest BCUT2D eigenvalue weighted by molar-refractivity contribution is 0.629. The molecule has 0 unspecified atom stereocenters. The Labute approximate surface area is 284 Å². The summed E-state index contributed by atoms with van der Waals surface area (Å²) in [4.78, 5) is 2.11. The second-order valence-electron chi connectivity index (χ2n) is 13.1. The summed E-state index contributed by atoms with van der Waals surface area (Å²) in [6.45, 7) is 4.61. The fourth-order valence-electron chi connectivity index (χ4n) is 7.55. The molecule has 0 atom stereocenters. The van der Waals surface area contributed by atoms with Gasteiger partial charge in [-0.25, -0.2) is 4.39 Å². The number of hydrogen-bond donors (Lipinski definition) is 0. The van der Waals surface area contributed by atoms with E-state index in [2.05, 4.69) is 146 Å². The van der Waals surface area contributed by atoms with Gasteiger partial charge in [-0.1, -0.05) is 123 Å². The molecule has 9 rings (SSSR count). The quantitative estimate of drug-likeness (QED) is 0.181. The highest BCUT2D eigenvalue weighted by Crippen LogP contribution is 2.51. The SMILES string of the molecule is CC1(C)c2ccccc2-c2cc(-c3ccc(-c4ccccc4)cc3N(c3ccc4sc5ccccc5c4c3)c3ccccc3F)ccc21. The van der Waals surface area contributed by atoms with Crippen molar-refractivity contribution in [3.63, 3.8) is 0 Å². The van der Waals surface area contributed by atoms with Gasteiger partial charge in [0, 0.05) is 36.8 Å². The van der Waals surface area contributed by atoms with E-state index in [4.69, 9.17) is 0 Å². The van der Waals surface area contributed by atoms with Crippen molar-refractivity contribution < 1.29 is 4.39 Å². The van der Waals surface area contributed by atoms with E-state index in [-0.39, 0.29) is 11.2 Å². The number of thiophene rings is 1. The Morgan fingerprint density at radius 2 is 1.19 bits per heavy atom. The number of benzene rings is 7. The predicted octanol–water partition coefficient (Wildman–Crippen LogP) is 13.3. The van der Waals surface area contributed by atoms with Gasteiger partial charge in [0.1, 0.15) is 5.82 Å². The lowest BCUT2D eigenvalue weighted by Gasteiger charge is -2.29. The van der Waals surface area contributed by atoms with Gasteiger partial charge in [0.05, 0.1) is 11.4 Å². The van der Waals surface area contributed by atoms with Crippen molar-refractivity contribution in [1.29, 1.82) is 0 Å². The predicted molar refractivity (Wildman–Crippen MR) is 202 cm³/mol. The van der Waals surface area contributed by atoms with Crippen LogP contribution in [0.25, 0.3) is 53.6 Å². The molecule has 8 aromatic rings. The normalized spacial score (nSPS) is 13.1. The summed E-state index contributed by atoms with van der Waals surface area (Å²) in [5, 5.41) is 2.39. The Bertz CT molecular complexity index is 2510. The van der Waals surface area contributed by atoms with E-state index in [0.29, 0.717) is 5.69 Å². The molecule has 0 saturated heterocycles. The topological polar surface area (TPSA) is 3.24 Å². The Morgan fingerprint density at radius 1 is 0.479 bits per heavy atom. The Hall–Kier alpha value is -5.51. The van der Waals surface area contributed by atoms with E-state index in [0.717, 1.165) is 33.6 Å². The highest BCUT2D eigenvalue weighted by Gasteiger charge is 2.35. The first-order valence-corrected chi connectivity index (χ1v) is 17.2. The van der Waals surface area contributed by atoms with Gasteiger partial charge in [-0.3, -0.25) is 0 Å². The summed E-state index contributed by atoms with van der Waals surface area (Å²) < 4.78 is 18.5. The van der Waals surface area contributed by atoms with Crippen LogP contribution in [0.5, 0.6) is 0 Å². The van der Waals surface area contributed by atoms with Crippen molar-refractivity contribution in [3.05, 3.63) is 175 Å². The Balaban J connectivity index is 1.32. The molecule has 0 saturated carbocycles. The second-order valence-corrected chi connectivity index (χ2v) is 14.2. The molecule has 0 amide bonds. The van der Waals surface area contributed by atoms with Crippen LogP contribution in [-0.2, 0) is 5.41 Å². The fourth-order valence-corrected chi connectivity index (χ4v) is 8.64. The summed E-state index contributed by atoms with van der Waals surface area (Å²) >= 11 is 1.79. The van der Waals surface area contributed by atoms with E-state index in [1.54, 1.807) is 23.5 Å². The van der Waals surface area contributed by atoms with Gasteiger partial charge in [0.25, 0.3) is 0 Å². The van der Waals surface area contributed by atoms with Crippen LogP contribution in [0.3, 0.4) is 0 Å². The molecule has 1 heterocycles. The van der Waals surface area contributed by atoms with Crippen molar-refractivity contribution >= 4 is 48.6 Å².